The van der Waals surface area contributed by atoms with Crippen molar-refractivity contribution in [3.05, 3.63) is 53.6 Å². The Balaban J connectivity index is 1.80. The van der Waals surface area contributed by atoms with E-state index in [0.29, 0.717) is 23.7 Å². The Morgan fingerprint density at radius 1 is 1.03 bits per heavy atom. The van der Waals surface area contributed by atoms with Gasteiger partial charge in [0.2, 0.25) is 0 Å². The van der Waals surface area contributed by atoms with Gasteiger partial charge in [0.25, 0.3) is 11.8 Å². The second-order valence-corrected chi connectivity index (χ2v) is 5.96. The zero-order valence-electron chi connectivity index (χ0n) is 16.7. The van der Waals surface area contributed by atoms with E-state index in [1.807, 2.05) is 31.2 Å². The van der Waals surface area contributed by atoms with Crippen LogP contribution in [0.15, 0.2) is 47.6 Å². The molecule has 2 N–H and O–H groups in total. The predicted octanol–water partition coefficient (Wildman–Crippen LogP) is 2.37. The second kappa shape index (κ2) is 11.3. The van der Waals surface area contributed by atoms with Crippen LogP contribution in [0.25, 0.3) is 0 Å². The van der Waals surface area contributed by atoms with E-state index in [9.17, 15) is 9.59 Å². The molecule has 0 aromatic heterocycles. The first-order chi connectivity index (χ1) is 14.1. The number of nitrogens with zero attached hydrogens (tertiary/aromatic N) is 1. The predicted molar refractivity (Wildman–Crippen MR) is 110 cm³/mol. The first-order valence-corrected chi connectivity index (χ1v) is 9.12. The highest BCUT2D eigenvalue weighted by atomic mass is 16.5. The SMILES string of the molecule is CCCOc1ccc(/C=N/NC(=O)CNC(=O)c2ccc(OC)c(OC)c2)cc1. The molecular formula is C21H25N3O5. The number of rotatable bonds is 10. The minimum atomic E-state index is -0.446. The third-order valence-corrected chi connectivity index (χ3v) is 3.81. The number of hydrogen-bond acceptors (Lipinski definition) is 6. The lowest BCUT2D eigenvalue weighted by Crippen LogP contribution is -2.34. The third kappa shape index (κ3) is 6.84. The lowest BCUT2D eigenvalue weighted by Gasteiger charge is -2.09. The molecule has 2 rings (SSSR count). The summed E-state index contributed by atoms with van der Waals surface area (Å²) in [6.45, 7) is 2.49. The van der Waals surface area contributed by atoms with Crippen molar-refractivity contribution in [1.82, 2.24) is 10.7 Å². The lowest BCUT2D eigenvalue weighted by molar-refractivity contribution is -0.120. The van der Waals surface area contributed by atoms with Crippen LogP contribution in [0.4, 0.5) is 0 Å². The van der Waals surface area contributed by atoms with Gasteiger partial charge in [0.1, 0.15) is 5.75 Å². The first-order valence-electron chi connectivity index (χ1n) is 9.12. The lowest BCUT2D eigenvalue weighted by atomic mass is 10.2. The summed E-state index contributed by atoms with van der Waals surface area (Å²) in [5, 5.41) is 6.41. The Labute approximate surface area is 169 Å². The number of carbonyl (C=O) groups excluding carboxylic acids is 2. The second-order valence-electron chi connectivity index (χ2n) is 5.96. The fourth-order valence-corrected chi connectivity index (χ4v) is 2.33. The summed E-state index contributed by atoms with van der Waals surface area (Å²) in [7, 11) is 2.99. The molecule has 0 saturated heterocycles. The van der Waals surface area contributed by atoms with Crippen LogP contribution in [0.5, 0.6) is 17.2 Å². The molecule has 0 atom stereocenters. The average Bonchev–Trinajstić information content (AvgIpc) is 2.76. The topological polar surface area (TPSA) is 98.2 Å². The van der Waals surface area contributed by atoms with Gasteiger partial charge in [-0.25, -0.2) is 5.43 Å². The van der Waals surface area contributed by atoms with Crippen molar-refractivity contribution in [2.45, 2.75) is 13.3 Å². The van der Waals surface area contributed by atoms with Crippen LogP contribution in [-0.2, 0) is 4.79 Å². The van der Waals surface area contributed by atoms with Gasteiger partial charge in [-0.05, 0) is 54.4 Å². The van der Waals surface area contributed by atoms with Gasteiger partial charge >= 0.3 is 0 Å². The molecule has 2 aromatic carbocycles. The summed E-state index contributed by atoms with van der Waals surface area (Å²) in [6, 6.07) is 12.1. The van der Waals surface area contributed by atoms with Gasteiger partial charge in [-0.3, -0.25) is 9.59 Å². The summed E-state index contributed by atoms with van der Waals surface area (Å²) in [4.78, 5) is 24.0. The van der Waals surface area contributed by atoms with E-state index in [0.717, 1.165) is 17.7 Å². The van der Waals surface area contributed by atoms with Crippen molar-refractivity contribution in [3.63, 3.8) is 0 Å². The van der Waals surface area contributed by atoms with Crippen LogP contribution in [0, 0.1) is 0 Å². The molecule has 0 aliphatic rings. The Morgan fingerprint density at radius 3 is 2.41 bits per heavy atom. The number of methoxy groups -OCH3 is 2. The minimum Gasteiger partial charge on any atom is -0.494 e. The maximum Gasteiger partial charge on any atom is 0.259 e. The van der Waals surface area contributed by atoms with Gasteiger partial charge in [-0.15, -0.1) is 0 Å². The van der Waals surface area contributed by atoms with Crippen molar-refractivity contribution >= 4 is 18.0 Å². The van der Waals surface area contributed by atoms with E-state index in [2.05, 4.69) is 15.8 Å². The molecule has 154 valence electrons. The Morgan fingerprint density at radius 2 is 1.76 bits per heavy atom. The van der Waals surface area contributed by atoms with Gasteiger partial charge in [-0.2, -0.15) is 5.10 Å². The van der Waals surface area contributed by atoms with Crippen molar-refractivity contribution in [2.24, 2.45) is 5.10 Å². The number of ether oxygens (including phenoxy) is 3. The van der Waals surface area contributed by atoms with Crippen molar-refractivity contribution in [2.75, 3.05) is 27.4 Å². The summed E-state index contributed by atoms with van der Waals surface area (Å²) < 4.78 is 15.8. The fraction of sp³-hybridized carbons (Fsp3) is 0.286. The molecule has 0 aliphatic carbocycles. The molecule has 0 aliphatic heterocycles. The Kier molecular flexibility index (Phi) is 8.50. The number of carbonyl (C=O) groups is 2. The summed E-state index contributed by atoms with van der Waals surface area (Å²) in [5.74, 6) is 0.873. The molecule has 2 aromatic rings. The first kappa shape index (κ1) is 21.7. The molecule has 0 unspecified atom stereocenters. The molecule has 29 heavy (non-hydrogen) atoms. The molecule has 0 spiro atoms. The maximum atomic E-state index is 12.2. The summed E-state index contributed by atoms with van der Waals surface area (Å²) >= 11 is 0. The van der Waals surface area contributed by atoms with Crippen LogP contribution in [0.1, 0.15) is 29.3 Å². The number of hydrazone groups is 1. The van der Waals surface area contributed by atoms with Gasteiger partial charge < -0.3 is 19.5 Å². The number of benzene rings is 2. The molecule has 0 saturated carbocycles. The van der Waals surface area contributed by atoms with E-state index in [4.69, 9.17) is 14.2 Å². The van der Waals surface area contributed by atoms with E-state index in [1.54, 1.807) is 12.1 Å². The van der Waals surface area contributed by atoms with Gasteiger partial charge in [0.05, 0.1) is 33.6 Å². The largest absolute Gasteiger partial charge is 0.494 e. The van der Waals surface area contributed by atoms with E-state index >= 15 is 0 Å². The number of nitrogens with one attached hydrogen (secondary N) is 2. The van der Waals surface area contributed by atoms with Crippen LogP contribution in [0.3, 0.4) is 0 Å². The third-order valence-electron chi connectivity index (χ3n) is 3.81. The Bertz CT molecular complexity index is 850. The Hall–Kier alpha value is -3.55. The number of hydrogen-bond donors (Lipinski definition) is 2. The molecule has 8 heteroatoms. The number of amides is 2. The van der Waals surface area contributed by atoms with Crippen molar-refractivity contribution in [1.29, 1.82) is 0 Å². The smallest absolute Gasteiger partial charge is 0.259 e. The average molecular weight is 399 g/mol. The van der Waals surface area contributed by atoms with Crippen LogP contribution in [-0.4, -0.2) is 45.4 Å². The fourth-order valence-electron chi connectivity index (χ4n) is 2.33. The minimum absolute atomic E-state index is 0.214. The van der Waals surface area contributed by atoms with Gasteiger partial charge in [-0.1, -0.05) is 6.92 Å². The molecule has 0 fully saturated rings. The molecule has 0 bridgehead atoms. The van der Waals surface area contributed by atoms with Gasteiger partial charge in [0, 0.05) is 5.56 Å². The summed E-state index contributed by atoms with van der Waals surface area (Å²) in [5.41, 5.74) is 3.53. The maximum absolute atomic E-state index is 12.2. The molecular weight excluding hydrogens is 374 g/mol. The zero-order valence-corrected chi connectivity index (χ0v) is 16.7. The van der Waals surface area contributed by atoms with Crippen molar-refractivity contribution in [3.8, 4) is 17.2 Å². The molecule has 8 nitrogen and oxygen atoms in total. The highest BCUT2D eigenvalue weighted by molar-refractivity contribution is 5.97. The van der Waals surface area contributed by atoms with Crippen LogP contribution >= 0.6 is 0 Å². The monoisotopic (exact) mass is 399 g/mol. The normalized spacial score (nSPS) is 10.4. The van der Waals surface area contributed by atoms with Crippen molar-refractivity contribution < 1.29 is 23.8 Å². The van der Waals surface area contributed by atoms with E-state index in [1.165, 1.54) is 26.5 Å². The summed E-state index contributed by atoms with van der Waals surface area (Å²) in [6.07, 6.45) is 2.45. The standard InChI is InChI=1S/C21H25N3O5/c1-4-11-29-17-8-5-15(6-9-17)13-23-24-20(25)14-22-21(26)16-7-10-18(27-2)19(12-16)28-3/h5-10,12-13H,4,11,14H2,1-3H3,(H,22,26)(H,24,25)/b23-13+. The highest BCUT2D eigenvalue weighted by Crippen LogP contribution is 2.27. The van der Waals surface area contributed by atoms with E-state index in [-0.39, 0.29) is 6.54 Å². The quantitative estimate of drug-likeness (QED) is 0.472. The molecule has 2 amide bonds. The highest BCUT2D eigenvalue weighted by Gasteiger charge is 2.11. The van der Waals surface area contributed by atoms with Crippen LogP contribution in [0.2, 0.25) is 0 Å². The van der Waals surface area contributed by atoms with Crippen LogP contribution < -0.4 is 25.0 Å². The van der Waals surface area contributed by atoms with Gasteiger partial charge in [0.15, 0.2) is 11.5 Å². The molecule has 0 radical (unpaired) electrons. The zero-order chi connectivity index (χ0) is 21.1. The van der Waals surface area contributed by atoms with E-state index < -0.39 is 11.8 Å². The molecule has 0 heterocycles.